The Morgan fingerprint density at radius 1 is 1.48 bits per heavy atom. The van der Waals surface area contributed by atoms with Gasteiger partial charge >= 0.3 is 5.97 Å². The molecule has 0 aromatic heterocycles. The molecule has 6 heteroatoms. The largest absolute Gasteiger partial charge is 0.497 e. The number of hydrogen-bond donors (Lipinski definition) is 2. The summed E-state index contributed by atoms with van der Waals surface area (Å²) in [4.78, 5) is 23.2. The second kappa shape index (κ2) is 6.41. The van der Waals surface area contributed by atoms with Crippen LogP contribution in [0.4, 0.5) is 0 Å². The van der Waals surface area contributed by atoms with Gasteiger partial charge in [0.2, 0.25) is 5.91 Å². The summed E-state index contributed by atoms with van der Waals surface area (Å²) in [7, 11) is 1.56. The van der Waals surface area contributed by atoms with Gasteiger partial charge in [0, 0.05) is 19.1 Å². The molecular weight excluding hydrogens is 274 g/mol. The van der Waals surface area contributed by atoms with Gasteiger partial charge in [0.15, 0.2) is 5.54 Å². The lowest BCUT2D eigenvalue weighted by atomic mass is 9.99. The van der Waals surface area contributed by atoms with Crippen LogP contribution in [0.15, 0.2) is 30.3 Å². The molecule has 1 amide bonds. The van der Waals surface area contributed by atoms with E-state index in [1.807, 2.05) is 6.07 Å². The van der Waals surface area contributed by atoms with Crippen molar-refractivity contribution in [1.82, 2.24) is 5.32 Å². The highest BCUT2D eigenvalue weighted by molar-refractivity contribution is 5.96. The Labute approximate surface area is 122 Å². The zero-order valence-electron chi connectivity index (χ0n) is 11.7. The maximum atomic E-state index is 11.9. The summed E-state index contributed by atoms with van der Waals surface area (Å²) >= 11 is 0. The summed E-state index contributed by atoms with van der Waals surface area (Å²) in [6, 6.07) is 7.19. The predicted octanol–water partition coefficient (Wildman–Crippen LogP) is 1.07. The van der Waals surface area contributed by atoms with E-state index in [4.69, 9.17) is 9.47 Å². The number of hydrogen-bond acceptors (Lipinski definition) is 4. The van der Waals surface area contributed by atoms with Crippen LogP contribution in [-0.2, 0) is 14.3 Å². The Morgan fingerprint density at radius 2 is 2.29 bits per heavy atom. The molecular formula is C15H17NO5. The van der Waals surface area contributed by atoms with Crippen molar-refractivity contribution in [3.63, 3.8) is 0 Å². The molecule has 1 aliphatic rings. The zero-order valence-corrected chi connectivity index (χ0v) is 11.7. The lowest BCUT2D eigenvalue weighted by Crippen LogP contribution is -2.54. The smallest absolute Gasteiger partial charge is 0.331 e. The number of aliphatic carboxylic acids is 1. The fourth-order valence-corrected chi connectivity index (χ4v) is 2.08. The summed E-state index contributed by atoms with van der Waals surface area (Å²) in [5, 5.41) is 11.7. The number of carboxylic acid groups (broad SMARTS) is 1. The number of ether oxygens (including phenoxy) is 2. The Bertz CT molecular complexity index is 561. The van der Waals surface area contributed by atoms with Crippen LogP contribution in [0.1, 0.15) is 12.0 Å². The summed E-state index contributed by atoms with van der Waals surface area (Å²) in [6.45, 7) is 0.313. The van der Waals surface area contributed by atoms with Gasteiger partial charge in [-0.25, -0.2) is 4.79 Å². The molecule has 1 aromatic carbocycles. The van der Waals surface area contributed by atoms with E-state index in [1.165, 1.54) is 6.08 Å². The van der Waals surface area contributed by atoms with Crippen LogP contribution in [-0.4, -0.2) is 42.8 Å². The van der Waals surface area contributed by atoms with Crippen LogP contribution in [0.25, 0.3) is 6.08 Å². The number of methoxy groups -OCH3 is 1. The van der Waals surface area contributed by atoms with Crippen LogP contribution in [0, 0.1) is 0 Å². The fourth-order valence-electron chi connectivity index (χ4n) is 2.08. The van der Waals surface area contributed by atoms with Gasteiger partial charge in [-0.1, -0.05) is 12.1 Å². The summed E-state index contributed by atoms with van der Waals surface area (Å²) < 4.78 is 10.2. The van der Waals surface area contributed by atoms with Crippen molar-refractivity contribution in [3.05, 3.63) is 35.9 Å². The molecule has 6 nitrogen and oxygen atoms in total. The summed E-state index contributed by atoms with van der Waals surface area (Å²) in [5.74, 6) is -0.863. The van der Waals surface area contributed by atoms with E-state index in [9.17, 15) is 14.7 Å². The molecule has 1 saturated heterocycles. The first-order chi connectivity index (χ1) is 10.1. The molecule has 1 aliphatic heterocycles. The van der Waals surface area contributed by atoms with E-state index in [-0.39, 0.29) is 13.0 Å². The Kier molecular flexibility index (Phi) is 4.59. The first-order valence-corrected chi connectivity index (χ1v) is 6.51. The van der Waals surface area contributed by atoms with Crippen molar-refractivity contribution in [2.24, 2.45) is 0 Å². The maximum absolute atomic E-state index is 11.9. The predicted molar refractivity (Wildman–Crippen MR) is 76.0 cm³/mol. The lowest BCUT2D eigenvalue weighted by molar-refractivity contribution is -0.147. The molecule has 0 saturated carbocycles. The topological polar surface area (TPSA) is 84.9 Å². The molecule has 1 unspecified atom stereocenters. The van der Waals surface area contributed by atoms with Crippen LogP contribution in [0.3, 0.4) is 0 Å². The fraction of sp³-hybridized carbons (Fsp3) is 0.333. The lowest BCUT2D eigenvalue weighted by Gasteiger charge is -2.22. The van der Waals surface area contributed by atoms with Gasteiger partial charge in [-0.3, -0.25) is 4.79 Å². The molecule has 2 N–H and O–H groups in total. The minimum atomic E-state index is -1.32. The minimum Gasteiger partial charge on any atom is -0.497 e. The Morgan fingerprint density at radius 3 is 2.90 bits per heavy atom. The van der Waals surface area contributed by atoms with Crippen molar-refractivity contribution in [2.75, 3.05) is 20.3 Å². The van der Waals surface area contributed by atoms with E-state index in [0.717, 1.165) is 5.56 Å². The number of carbonyl (C=O) groups excluding carboxylic acids is 1. The number of nitrogens with one attached hydrogen (secondary N) is 1. The molecule has 0 aliphatic carbocycles. The average Bonchev–Trinajstić information content (AvgIpc) is 2.95. The van der Waals surface area contributed by atoms with Gasteiger partial charge < -0.3 is 19.9 Å². The van der Waals surface area contributed by atoms with Crippen molar-refractivity contribution in [3.8, 4) is 5.75 Å². The number of carbonyl (C=O) groups is 2. The van der Waals surface area contributed by atoms with E-state index >= 15 is 0 Å². The van der Waals surface area contributed by atoms with Gasteiger partial charge in [-0.2, -0.15) is 0 Å². The highest BCUT2D eigenvalue weighted by atomic mass is 16.5. The monoisotopic (exact) mass is 291 g/mol. The van der Waals surface area contributed by atoms with E-state index in [1.54, 1.807) is 31.4 Å². The molecule has 1 fully saturated rings. The SMILES string of the molecule is COc1cccc(C=CC(=O)NC2(C(=O)O)CCOC2)c1. The molecule has 1 aromatic rings. The minimum absolute atomic E-state index is 0.0128. The normalized spacial score (nSPS) is 21.4. The highest BCUT2D eigenvalue weighted by Gasteiger charge is 2.43. The van der Waals surface area contributed by atoms with Crippen LogP contribution in [0.5, 0.6) is 5.75 Å². The highest BCUT2D eigenvalue weighted by Crippen LogP contribution is 2.19. The Balaban J connectivity index is 2.03. The van der Waals surface area contributed by atoms with Crippen molar-refractivity contribution >= 4 is 18.0 Å². The quantitative estimate of drug-likeness (QED) is 0.793. The van der Waals surface area contributed by atoms with Crippen LogP contribution < -0.4 is 10.1 Å². The standard InChI is InChI=1S/C15H17NO5/c1-20-12-4-2-3-11(9-12)5-6-13(17)16-15(14(18)19)7-8-21-10-15/h2-6,9H,7-8,10H2,1H3,(H,16,17)(H,18,19). The molecule has 112 valence electrons. The van der Waals surface area contributed by atoms with Crippen molar-refractivity contribution < 1.29 is 24.2 Å². The van der Waals surface area contributed by atoms with E-state index in [2.05, 4.69) is 5.32 Å². The van der Waals surface area contributed by atoms with Crippen molar-refractivity contribution in [2.45, 2.75) is 12.0 Å². The third-order valence-electron chi connectivity index (χ3n) is 3.31. The molecule has 1 atom stereocenters. The van der Waals surface area contributed by atoms with Crippen LogP contribution in [0.2, 0.25) is 0 Å². The number of carboxylic acids is 1. The van der Waals surface area contributed by atoms with Gasteiger partial charge in [0.05, 0.1) is 13.7 Å². The van der Waals surface area contributed by atoms with Gasteiger partial charge in [-0.15, -0.1) is 0 Å². The number of amides is 1. The van der Waals surface area contributed by atoms with E-state index < -0.39 is 17.4 Å². The number of rotatable bonds is 5. The molecule has 0 bridgehead atoms. The average molecular weight is 291 g/mol. The van der Waals surface area contributed by atoms with Gasteiger partial charge in [0.1, 0.15) is 5.75 Å². The molecule has 21 heavy (non-hydrogen) atoms. The maximum Gasteiger partial charge on any atom is 0.331 e. The second-order valence-electron chi connectivity index (χ2n) is 4.79. The second-order valence-corrected chi connectivity index (χ2v) is 4.79. The van der Waals surface area contributed by atoms with Crippen LogP contribution >= 0.6 is 0 Å². The molecule has 2 rings (SSSR count). The third kappa shape index (κ3) is 3.61. The zero-order chi connectivity index (χ0) is 15.3. The molecule has 0 radical (unpaired) electrons. The van der Waals surface area contributed by atoms with Gasteiger partial charge in [-0.05, 0) is 23.8 Å². The summed E-state index contributed by atoms with van der Waals surface area (Å²) in [6.07, 6.45) is 3.17. The van der Waals surface area contributed by atoms with Crippen molar-refractivity contribution in [1.29, 1.82) is 0 Å². The van der Waals surface area contributed by atoms with E-state index in [0.29, 0.717) is 12.4 Å². The molecule has 1 heterocycles. The third-order valence-corrected chi connectivity index (χ3v) is 3.31. The summed E-state index contributed by atoms with van der Waals surface area (Å²) in [5.41, 5.74) is -0.535. The first-order valence-electron chi connectivity index (χ1n) is 6.51. The molecule has 0 spiro atoms. The number of benzene rings is 1. The van der Waals surface area contributed by atoms with Gasteiger partial charge in [0.25, 0.3) is 0 Å². The first kappa shape index (κ1) is 15.1. The Hall–Kier alpha value is -2.34.